The quantitative estimate of drug-likeness (QED) is 0.273. The van der Waals surface area contributed by atoms with Crippen LogP contribution in [0.5, 0.6) is 5.75 Å². The van der Waals surface area contributed by atoms with Gasteiger partial charge >= 0.3 is 0 Å². The summed E-state index contributed by atoms with van der Waals surface area (Å²) in [7, 11) is 0. The van der Waals surface area contributed by atoms with Crippen molar-refractivity contribution in [3.8, 4) is 5.75 Å². The van der Waals surface area contributed by atoms with Gasteiger partial charge in [-0.15, -0.1) is 0 Å². The fraction of sp³-hybridized carbons (Fsp3) is 0.625. The Hall–Kier alpha value is -2.44. The lowest BCUT2D eigenvalue weighted by atomic mass is 9.66. The molecule has 208 valence electrons. The van der Waals surface area contributed by atoms with E-state index in [0.717, 1.165) is 61.7 Å². The van der Waals surface area contributed by atoms with Crippen molar-refractivity contribution in [3.05, 3.63) is 46.5 Å². The summed E-state index contributed by atoms with van der Waals surface area (Å²) in [6.07, 6.45) is 9.87. The lowest BCUT2D eigenvalue weighted by Crippen LogP contribution is -2.42. The third kappa shape index (κ3) is 5.91. The van der Waals surface area contributed by atoms with Crippen LogP contribution < -0.4 is 0 Å². The molecule has 4 rings (SSSR count). The molecule has 38 heavy (non-hydrogen) atoms. The van der Waals surface area contributed by atoms with E-state index in [1.54, 1.807) is 17.0 Å². The van der Waals surface area contributed by atoms with Crippen LogP contribution in [0.25, 0.3) is 6.08 Å². The monoisotopic (exact) mass is 523 g/mol. The summed E-state index contributed by atoms with van der Waals surface area (Å²) in [6.45, 7) is 6.03. The minimum Gasteiger partial charge on any atom is -0.508 e. The summed E-state index contributed by atoms with van der Waals surface area (Å²) in [5.74, 6) is -1.40. The van der Waals surface area contributed by atoms with Crippen LogP contribution in [0.15, 0.2) is 41.0 Å². The van der Waals surface area contributed by atoms with Gasteiger partial charge in [0.15, 0.2) is 0 Å². The van der Waals surface area contributed by atoms with Crippen molar-refractivity contribution in [1.29, 1.82) is 0 Å². The number of fused-ring (bicyclic) bond motifs is 1. The first kappa shape index (κ1) is 28.6. The molecule has 1 heterocycles. The fourth-order valence-corrected chi connectivity index (χ4v) is 7.04. The normalized spacial score (nSPS) is 25.9. The average molecular weight is 524 g/mol. The predicted octanol–water partition coefficient (Wildman–Crippen LogP) is 5.62. The van der Waals surface area contributed by atoms with Gasteiger partial charge in [-0.3, -0.25) is 14.5 Å². The first-order valence-electron chi connectivity index (χ1n) is 14.6. The zero-order valence-electron chi connectivity index (χ0n) is 23.2. The van der Waals surface area contributed by atoms with Crippen LogP contribution in [0.2, 0.25) is 0 Å². The Morgan fingerprint density at radius 1 is 1.05 bits per heavy atom. The minimum absolute atomic E-state index is 0.0220. The first-order valence-corrected chi connectivity index (χ1v) is 14.6. The molecule has 6 heteroatoms. The third-order valence-electron chi connectivity index (χ3n) is 8.92. The Kier molecular flexibility index (Phi) is 9.48. The number of allylic oxidation sites excluding steroid dienone is 2. The summed E-state index contributed by atoms with van der Waals surface area (Å²) in [4.78, 5) is 28.8. The number of carbonyl (C=O) groups is 2. The number of aliphatic hydroxyl groups is 2. The third-order valence-corrected chi connectivity index (χ3v) is 8.92. The van der Waals surface area contributed by atoms with E-state index in [1.807, 2.05) is 12.1 Å². The average Bonchev–Trinajstić information content (AvgIpc) is 3.17. The molecule has 2 aliphatic carbocycles. The SMILES string of the molecule is CCC/C(=C\c1ccc(O)cc1)CC[C@@H](O)C1=C(C(C)C)C[C@H]2C(=O)N(C3CCCCC3)C(=O)[C@H]2[C@H]1CO. The lowest BCUT2D eigenvalue weighted by Gasteiger charge is -2.38. The number of aliphatic hydroxyl groups excluding tert-OH is 2. The molecule has 0 bridgehead atoms. The van der Waals surface area contributed by atoms with Gasteiger partial charge in [0.2, 0.25) is 11.8 Å². The van der Waals surface area contributed by atoms with E-state index in [2.05, 4.69) is 26.8 Å². The van der Waals surface area contributed by atoms with Crippen LogP contribution in [-0.4, -0.2) is 50.8 Å². The number of hydrogen-bond donors (Lipinski definition) is 3. The number of carbonyl (C=O) groups excluding carboxylic acids is 2. The number of phenolic OH excluding ortho intramolecular Hbond substituents is 1. The lowest BCUT2D eigenvalue weighted by molar-refractivity contribution is -0.143. The van der Waals surface area contributed by atoms with E-state index < -0.39 is 23.9 Å². The van der Waals surface area contributed by atoms with E-state index in [4.69, 9.17) is 0 Å². The highest BCUT2D eigenvalue weighted by Gasteiger charge is 2.56. The summed E-state index contributed by atoms with van der Waals surface area (Å²) in [6, 6.07) is 7.08. The molecule has 1 aromatic carbocycles. The topological polar surface area (TPSA) is 98.1 Å². The highest BCUT2D eigenvalue weighted by atomic mass is 16.3. The van der Waals surface area contributed by atoms with E-state index in [1.165, 1.54) is 5.57 Å². The van der Waals surface area contributed by atoms with E-state index in [-0.39, 0.29) is 36.1 Å². The molecule has 1 aromatic rings. The van der Waals surface area contributed by atoms with Gasteiger partial charge in [0, 0.05) is 12.0 Å². The zero-order valence-corrected chi connectivity index (χ0v) is 23.2. The number of aromatic hydroxyl groups is 1. The number of imide groups is 1. The number of likely N-dealkylation sites (tertiary alicyclic amines) is 1. The van der Waals surface area contributed by atoms with E-state index >= 15 is 0 Å². The van der Waals surface area contributed by atoms with Crippen LogP contribution >= 0.6 is 0 Å². The summed E-state index contributed by atoms with van der Waals surface area (Å²) >= 11 is 0. The Bertz CT molecular complexity index is 1050. The molecule has 1 saturated heterocycles. The van der Waals surface area contributed by atoms with E-state index in [0.29, 0.717) is 19.3 Å². The molecule has 0 aromatic heterocycles. The molecule has 6 nitrogen and oxygen atoms in total. The van der Waals surface area contributed by atoms with Gasteiger partial charge in [-0.1, -0.05) is 75.8 Å². The molecule has 2 amide bonds. The highest BCUT2D eigenvalue weighted by molar-refractivity contribution is 6.06. The van der Waals surface area contributed by atoms with Gasteiger partial charge in [-0.05, 0) is 67.7 Å². The minimum atomic E-state index is -0.780. The van der Waals surface area contributed by atoms with Crippen molar-refractivity contribution < 1.29 is 24.9 Å². The van der Waals surface area contributed by atoms with Crippen molar-refractivity contribution in [2.75, 3.05) is 6.61 Å². The number of nitrogens with zero attached hydrogens (tertiary/aromatic N) is 1. The number of phenols is 1. The van der Waals surface area contributed by atoms with Crippen LogP contribution in [0, 0.1) is 23.7 Å². The standard InChI is InChI=1S/C32H45NO5/c1-4-8-21(17-22-11-14-24(35)15-12-22)13-16-28(36)29-25(20(2)3)18-26-30(27(29)19-34)32(38)33(31(26)37)23-9-6-5-7-10-23/h11-12,14-15,17,20,23,26-28,30,34-36H,4-10,13,16,18-19H2,1-3H3/b21-17+/t26-,27+,28-,30-/m1/s1. The second-order valence-electron chi connectivity index (χ2n) is 11.8. The molecule has 2 fully saturated rings. The predicted molar refractivity (Wildman–Crippen MR) is 149 cm³/mol. The molecule has 3 N–H and O–H groups in total. The maximum absolute atomic E-state index is 13.7. The van der Waals surface area contributed by atoms with Gasteiger partial charge in [-0.2, -0.15) is 0 Å². The summed E-state index contributed by atoms with van der Waals surface area (Å²) in [5.41, 5.74) is 4.04. The van der Waals surface area contributed by atoms with Crippen LogP contribution in [0.4, 0.5) is 0 Å². The maximum atomic E-state index is 13.7. The molecule has 1 saturated carbocycles. The van der Waals surface area contributed by atoms with Gasteiger partial charge in [0.05, 0.1) is 24.5 Å². The van der Waals surface area contributed by atoms with Crippen molar-refractivity contribution in [3.63, 3.8) is 0 Å². The van der Waals surface area contributed by atoms with Crippen molar-refractivity contribution >= 4 is 17.9 Å². The van der Waals surface area contributed by atoms with Crippen LogP contribution in [0.3, 0.4) is 0 Å². The number of amides is 2. The largest absolute Gasteiger partial charge is 0.508 e. The van der Waals surface area contributed by atoms with Gasteiger partial charge in [0.1, 0.15) is 5.75 Å². The Labute approximate surface area is 227 Å². The van der Waals surface area contributed by atoms with Gasteiger partial charge in [0.25, 0.3) is 0 Å². The summed E-state index contributed by atoms with van der Waals surface area (Å²) in [5, 5.41) is 31.7. The van der Waals surface area contributed by atoms with Crippen LogP contribution in [0.1, 0.15) is 90.5 Å². The molecule has 0 radical (unpaired) electrons. The Morgan fingerprint density at radius 2 is 1.74 bits per heavy atom. The zero-order chi connectivity index (χ0) is 27.4. The molecule has 4 atom stereocenters. The molecule has 1 aliphatic heterocycles. The fourth-order valence-electron chi connectivity index (χ4n) is 7.04. The molecular weight excluding hydrogens is 478 g/mol. The maximum Gasteiger partial charge on any atom is 0.234 e. The smallest absolute Gasteiger partial charge is 0.234 e. The highest BCUT2D eigenvalue weighted by Crippen LogP contribution is 2.49. The summed E-state index contributed by atoms with van der Waals surface area (Å²) < 4.78 is 0. The van der Waals surface area contributed by atoms with Crippen molar-refractivity contribution in [2.24, 2.45) is 23.7 Å². The van der Waals surface area contributed by atoms with Gasteiger partial charge < -0.3 is 15.3 Å². The second-order valence-corrected chi connectivity index (χ2v) is 11.8. The Morgan fingerprint density at radius 3 is 2.34 bits per heavy atom. The number of hydrogen-bond acceptors (Lipinski definition) is 5. The van der Waals surface area contributed by atoms with E-state index in [9.17, 15) is 24.9 Å². The number of rotatable bonds is 10. The molecule has 0 spiro atoms. The molecular formula is C32H45NO5. The number of benzene rings is 1. The first-order chi connectivity index (χ1) is 18.3. The second kappa shape index (κ2) is 12.6. The Balaban J connectivity index is 1.57. The molecule has 3 aliphatic rings. The molecule has 0 unspecified atom stereocenters. The van der Waals surface area contributed by atoms with Crippen molar-refractivity contribution in [2.45, 2.75) is 97.1 Å². The van der Waals surface area contributed by atoms with Gasteiger partial charge in [-0.25, -0.2) is 0 Å². The van der Waals surface area contributed by atoms with Crippen LogP contribution in [-0.2, 0) is 9.59 Å². The van der Waals surface area contributed by atoms with Crippen molar-refractivity contribution in [1.82, 2.24) is 4.90 Å².